The number of nitriles is 1. The van der Waals surface area contributed by atoms with E-state index in [4.69, 9.17) is 18.9 Å². The van der Waals surface area contributed by atoms with Crippen molar-refractivity contribution in [3.8, 4) is 17.6 Å². The van der Waals surface area contributed by atoms with Crippen LogP contribution in [0.3, 0.4) is 0 Å². The summed E-state index contributed by atoms with van der Waals surface area (Å²) >= 11 is 0. The van der Waals surface area contributed by atoms with Crippen LogP contribution in [0.15, 0.2) is 12.1 Å². The summed E-state index contributed by atoms with van der Waals surface area (Å²) in [6, 6.07) is 5.20. The van der Waals surface area contributed by atoms with Crippen molar-refractivity contribution < 1.29 is 28.8 Å². The highest BCUT2D eigenvalue weighted by atomic mass is 16.7. The molecule has 1 aromatic carbocycles. The third kappa shape index (κ3) is 5.95. The molecular formula is C24H33N3O6. The maximum atomic E-state index is 12.9. The van der Waals surface area contributed by atoms with Crippen LogP contribution in [-0.2, 0) is 9.47 Å². The summed E-state index contributed by atoms with van der Waals surface area (Å²) in [5.41, 5.74) is 0.641. The number of aliphatic hydroxyl groups excluding tert-OH is 1. The average molecular weight is 460 g/mol. The van der Waals surface area contributed by atoms with Crippen molar-refractivity contribution in [2.75, 3.05) is 52.6 Å². The van der Waals surface area contributed by atoms with Gasteiger partial charge >= 0.3 is 0 Å². The van der Waals surface area contributed by atoms with E-state index in [-0.39, 0.29) is 11.8 Å². The molecule has 3 aliphatic rings. The number of fused-ring (bicyclic) bond motifs is 1. The third-order valence-electron chi connectivity index (χ3n) is 6.55. The molecule has 9 nitrogen and oxygen atoms in total. The van der Waals surface area contributed by atoms with Crippen LogP contribution in [-0.4, -0.2) is 80.4 Å². The van der Waals surface area contributed by atoms with Gasteiger partial charge < -0.3 is 34.3 Å². The van der Waals surface area contributed by atoms with Crippen molar-refractivity contribution in [3.63, 3.8) is 0 Å². The molecular weight excluding hydrogens is 426 g/mol. The number of hydrogen-bond donors (Lipinski definition) is 2. The van der Waals surface area contributed by atoms with Crippen LogP contribution < -0.4 is 14.8 Å². The van der Waals surface area contributed by atoms with Crippen molar-refractivity contribution in [1.29, 1.82) is 5.26 Å². The third-order valence-corrected chi connectivity index (χ3v) is 6.55. The molecule has 1 aromatic rings. The molecule has 0 aliphatic carbocycles. The fraction of sp³-hybridized carbons (Fsp3) is 0.667. The van der Waals surface area contributed by atoms with E-state index in [0.717, 1.165) is 32.4 Å². The van der Waals surface area contributed by atoms with Crippen LogP contribution in [0.5, 0.6) is 11.5 Å². The van der Waals surface area contributed by atoms with Crippen LogP contribution in [0.2, 0.25) is 0 Å². The van der Waals surface area contributed by atoms with Gasteiger partial charge in [-0.3, -0.25) is 4.79 Å². The van der Waals surface area contributed by atoms with Gasteiger partial charge in [-0.05, 0) is 38.9 Å². The minimum atomic E-state index is -0.518. The molecule has 0 bridgehead atoms. The van der Waals surface area contributed by atoms with Gasteiger partial charge in [0.15, 0.2) is 17.3 Å². The van der Waals surface area contributed by atoms with Gasteiger partial charge in [-0.25, -0.2) is 0 Å². The quantitative estimate of drug-likeness (QED) is 0.633. The van der Waals surface area contributed by atoms with Crippen LogP contribution >= 0.6 is 0 Å². The SMILES string of the molecule is CC1(CCCN2CC[C@H](CNC(=O)c3cc(C#N)cc4c3OCCCO4)[C@@H](O)C2)OCCO1. The number of benzene rings is 1. The molecule has 2 N–H and O–H groups in total. The van der Waals surface area contributed by atoms with Gasteiger partial charge in [0.1, 0.15) is 0 Å². The van der Waals surface area contributed by atoms with Crippen molar-refractivity contribution in [1.82, 2.24) is 10.2 Å². The molecule has 2 atom stereocenters. The highest BCUT2D eigenvalue weighted by Gasteiger charge is 2.32. The fourth-order valence-electron chi connectivity index (χ4n) is 4.64. The Morgan fingerprint density at radius 1 is 1.27 bits per heavy atom. The lowest BCUT2D eigenvalue weighted by molar-refractivity contribution is -0.148. The summed E-state index contributed by atoms with van der Waals surface area (Å²) in [5, 5.41) is 22.9. The maximum absolute atomic E-state index is 12.9. The lowest BCUT2D eigenvalue weighted by atomic mass is 9.93. The normalized spacial score (nSPS) is 24.6. The largest absolute Gasteiger partial charge is 0.489 e. The monoisotopic (exact) mass is 459 g/mol. The van der Waals surface area contributed by atoms with E-state index >= 15 is 0 Å². The first-order valence-electron chi connectivity index (χ1n) is 11.8. The molecule has 4 rings (SSSR count). The van der Waals surface area contributed by atoms with E-state index in [1.807, 2.05) is 6.92 Å². The van der Waals surface area contributed by atoms with Gasteiger partial charge in [-0.15, -0.1) is 0 Å². The predicted molar refractivity (Wildman–Crippen MR) is 119 cm³/mol. The van der Waals surface area contributed by atoms with Crippen LogP contribution in [0.1, 0.15) is 48.5 Å². The van der Waals surface area contributed by atoms with Gasteiger partial charge in [-0.1, -0.05) is 0 Å². The lowest BCUT2D eigenvalue weighted by Crippen LogP contribution is -2.48. The number of aliphatic hydroxyl groups is 1. The summed E-state index contributed by atoms with van der Waals surface area (Å²) in [5.74, 6) is -0.0279. The molecule has 0 saturated carbocycles. The number of hydrogen-bond acceptors (Lipinski definition) is 8. The molecule has 0 unspecified atom stereocenters. The minimum absolute atomic E-state index is 0.0286. The second-order valence-corrected chi connectivity index (χ2v) is 9.07. The number of piperidine rings is 1. The van der Waals surface area contributed by atoms with E-state index in [9.17, 15) is 15.2 Å². The summed E-state index contributed by atoms with van der Waals surface area (Å²) in [4.78, 5) is 15.2. The number of nitrogens with zero attached hydrogens (tertiary/aromatic N) is 2. The summed E-state index contributed by atoms with van der Waals surface area (Å²) in [6.07, 6.45) is 2.75. The Bertz CT molecular complexity index is 880. The zero-order chi connectivity index (χ0) is 23.3. The topological polar surface area (TPSA) is 113 Å². The second kappa shape index (κ2) is 10.7. The highest BCUT2D eigenvalue weighted by molar-refractivity contribution is 5.98. The first-order valence-corrected chi connectivity index (χ1v) is 11.8. The Hall–Kier alpha value is -2.38. The zero-order valence-corrected chi connectivity index (χ0v) is 19.2. The number of amides is 1. The molecule has 3 aliphatic heterocycles. The molecule has 0 spiro atoms. The van der Waals surface area contributed by atoms with E-state index < -0.39 is 11.9 Å². The minimum Gasteiger partial charge on any atom is -0.489 e. The smallest absolute Gasteiger partial charge is 0.255 e. The number of carbonyl (C=O) groups excluding carboxylic acids is 1. The van der Waals surface area contributed by atoms with Crippen molar-refractivity contribution in [2.24, 2.45) is 5.92 Å². The number of nitrogens with one attached hydrogen (secondary N) is 1. The highest BCUT2D eigenvalue weighted by Crippen LogP contribution is 2.35. The summed E-state index contributed by atoms with van der Waals surface area (Å²) in [7, 11) is 0. The molecule has 180 valence electrons. The number of β-amino-alcohol motifs (C(OH)–C–C–N with tert-alkyl or cyclic N) is 1. The Balaban J connectivity index is 1.27. The molecule has 2 saturated heterocycles. The van der Waals surface area contributed by atoms with Crippen LogP contribution in [0.25, 0.3) is 0 Å². The van der Waals surface area contributed by atoms with Crippen molar-refractivity contribution in [2.45, 2.75) is 44.5 Å². The first-order chi connectivity index (χ1) is 16.0. The van der Waals surface area contributed by atoms with Gasteiger partial charge in [0.05, 0.1) is 49.7 Å². The fourth-order valence-corrected chi connectivity index (χ4v) is 4.64. The Kier molecular flexibility index (Phi) is 7.71. The first kappa shape index (κ1) is 23.8. The van der Waals surface area contributed by atoms with Crippen LogP contribution in [0, 0.1) is 17.2 Å². The predicted octanol–water partition coefficient (Wildman–Crippen LogP) is 1.68. The number of carbonyl (C=O) groups is 1. The standard InChI is InChI=1S/C24H33N3O6/c1-24(32-10-11-33-24)5-2-6-27-7-4-18(20(28)16-27)15-26-23(29)19-12-17(14-25)13-21-22(19)31-9-3-8-30-21/h12-13,18,20,28H,2-11,15-16H2,1H3,(H,26,29)/t18-,20+/m1/s1. The Labute approximate surface area is 194 Å². The molecule has 1 amide bonds. The Morgan fingerprint density at radius 2 is 2.06 bits per heavy atom. The number of ether oxygens (including phenoxy) is 4. The molecule has 9 heteroatoms. The second-order valence-electron chi connectivity index (χ2n) is 9.07. The summed E-state index contributed by atoms with van der Waals surface area (Å²) < 4.78 is 22.7. The van der Waals surface area contributed by atoms with Gasteiger partial charge in [0, 0.05) is 37.9 Å². The van der Waals surface area contributed by atoms with Gasteiger partial charge in [0.2, 0.25) is 0 Å². The van der Waals surface area contributed by atoms with E-state index in [1.165, 1.54) is 6.07 Å². The van der Waals surface area contributed by atoms with E-state index in [0.29, 0.717) is 68.6 Å². The summed E-state index contributed by atoms with van der Waals surface area (Å²) in [6.45, 7) is 6.89. The van der Waals surface area contributed by atoms with Gasteiger partial charge in [0.25, 0.3) is 5.91 Å². The zero-order valence-electron chi connectivity index (χ0n) is 19.2. The molecule has 3 heterocycles. The van der Waals surface area contributed by atoms with Crippen molar-refractivity contribution >= 4 is 5.91 Å². The Morgan fingerprint density at radius 3 is 2.82 bits per heavy atom. The maximum Gasteiger partial charge on any atom is 0.255 e. The molecule has 33 heavy (non-hydrogen) atoms. The van der Waals surface area contributed by atoms with Gasteiger partial charge in [-0.2, -0.15) is 5.26 Å². The van der Waals surface area contributed by atoms with E-state index in [1.54, 1.807) is 6.07 Å². The lowest BCUT2D eigenvalue weighted by Gasteiger charge is -2.36. The number of rotatable bonds is 7. The van der Waals surface area contributed by atoms with Crippen LogP contribution in [0.4, 0.5) is 0 Å². The molecule has 0 aromatic heterocycles. The van der Waals surface area contributed by atoms with E-state index in [2.05, 4.69) is 16.3 Å². The molecule has 2 fully saturated rings. The van der Waals surface area contributed by atoms with Crippen molar-refractivity contribution in [3.05, 3.63) is 23.3 Å². The molecule has 0 radical (unpaired) electrons. The number of likely N-dealkylation sites (tertiary alicyclic amines) is 1. The average Bonchev–Trinajstić information content (AvgIpc) is 3.10.